The van der Waals surface area contributed by atoms with Crippen LogP contribution in [0.1, 0.15) is 35.3 Å². The quantitative estimate of drug-likeness (QED) is 0.299. The summed E-state index contributed by atoms with van der Waals surface area (Å²) < 4.78 is 52.6. The minimum Gasteiger partial charge on any atom is -0.482 e. The van der Waals surface area contributed by atoms with E-state index in [4.69, 9.17) is 9.47 Å². The summed E-state index contributed by atoms with van der Waals surface area (Å²) in [5.74, 6) is -3.97. The van der Waals surface area contributed by atoms with Gasteiger partial charge in [0.05, 0.1) is 34.7 Å². The fraction of sp³-hybridized carbons (Fsp3) is 0.400. The van der Waals surface area contributed by atoms with Gasteiger partial charge in [0.15, 0.2) is 6.61 Å². The number of anilines is 1. The number of thiazole rings is 1. The molecule has 7 atom stereocenters. The summed E-state index contributed by atoms with van der Waals surface area (Å²) in [6.07, 6.45) is -4.17. The Kier molecular flexibility index (Phi) is 6.73. The van der Waals surface area contributed by atoms with Crippen molar-refractivity contribution < 1.29 is 37.0 Å². The van der Waals surface area contributed by atoms with Crippen LogP contribution < -0.4 is 14.5 Å². The third-order valence-electron chi connectivity index (χ3n) is 9.08. The molecule has 0 spiro atoms. The van der Waals surface area contributed by atoms with Gasteiger partial charge >= 0.3 is 17.0 Å². The first-order valence-electron chi connectivity index (χ1n) is 13.9. The monoisotopic (exact) mass is 630 g/mol. The van der Waals surface area contributed by atoms with Crippen molar-refractivity contribution in [1.29, 1.82) is 0 Å². The number of hydrogen-bond donors (Lipinski definition) is 1. The number of alkyl halides is 3. The average molecular weight is 631 g/mol. The van der Waals surface area contributed by atoms with E-state index in [-0.39, 0.29) is 47.0 Å². The number of H-pyrrole nitrogens is 1. The summed E-state index contributed by atoms with van der Waals surface area (Å²) in [4.78, 5) is 56.6. The van der Waals surface area contributed by atoms with Crippen LogP contribution in [0.15, 0.2) is 58.4 Å². The lowest BCUT2D eigenvalue weighted by molar-refractivity contribution is -0.145. The Hall–Kier alpha value is -3.58. The van der Waals surface area contributed by atoms with Gasteiger partial charge in [-0.25, -0.2) is 9.69 Å². The van der Waals surface area contributed by atoms with Crippen molar-refractivity contribution in [3.05, 3.63) is 74.2 Å². The van der Waals surface area contributed by atoms with E-state index in [1.54, 1.807) is 19.1 Å². The van der Waals surface area contributed by atoms with Crippen LogP contribution in [-0.4, -0.2) is 41.2 Å². The molecule has 3 heterocycles. The van der Waals surface area contributed by atoms with E-state index in [0.717, 1.165) is 32.7 Å². The molecule has 0 radical (unpaired) electrons. The van der Waals surface area contributed by atoms with E-state index in [2.05, 4.69) is 4.98 Å². The summed E-state index contributed by atoms with van der Waals surface area (Å²) in [6.45, 7) is 1.59. The second-order valence-corrected chi connectivity index (χ2v) is 13.3. The average Bonchev–Trinajstić information content (AvgIpc) is 3.70. The highest BCUT2D eigenvalue weighted by molar-refractivity contribution is 8.00. The number of carbonyl (C=O) groups is 3. The van der Waals surface area contributed by atoms with Crippen LogP contribution in [0.2, 0.25) is 0 Å². The first-order chi connectivity index (χ1) is 20.6. The Morgan fingerprint density at radius 3 is 2.47 bits per heavy atom. The molecule has 1 N–H and O–H groups in total. The molecule has 2 amide bonds. The van der Waals surface area contributed by atoms with Crippen molar-refractivity contribution in [2.45, 2.75) is 35.7 Å². The highest BCUT2D eigenvalue weighted by Gasteiger charge is 2.70. The van der Waals surface area contributed by atoms with Crippen LogP contribution in [-0.2, 0) is 25.3 Å². The number of imide groups is 1. The molecule has 2 saturated carbocycles. The summed E-state index contributed by atoms with van der Waals surface area (Å²) in [6, 6.07) is 11.9. The van der Waals surface area contributed by atoms with Crippen LogP contribution >= 0.6 is 23.1 Å². The zero-order valence-electron chi connectivity index (χ0n) is 22.6. The molecule has 2 aliphatic carbocycles. The summed E-state index contributed by atoms with van der Waals surface area (Å²) >= 11 is 2.55. The zero-order chi connectivity index (χ0) is 30.2. The lowest BCUT2D eigenvalue weighted by atomic mass is 9.68. The number of aromatic nitrogens is 1. The van der Waals surface area contributed by atoms with E-state index in [0.29, 0.717) is 17.2 Å². The van der Waals surface area contributed by atoms with Crippen molar-refractivity contribution in [2.24, 2.45) is 29.6 Å². The number of nitrogens with zero attached hydrogens (tertiary/aromatic N) is 1. The van der Waals surface area contributed by atoms with Crippen LogP contribution in [0.4, 0.5) is 18.9 Å². The molecule has 1 saturated heterocycles. The fourth-order valence-corrected chi connectivity index (χ4v) is 10.6. The second kappa shape index (κ2) is 10.3. The fourth-order valence-electron chi connectivity index (χ4n) is 7.72. The van der Waals surface area contributed by atoms with Gasteiger partial charge in [0.1, 0.15) is 5.75 Å². The Bertz CT molecular complexity index is 1700. The van der Waals surface area contributed by atoms with Crippen molar-refractivity contribution >= 4 is 46.6 Å². The van der Waals surface area contributed by atoms with Crippen molar-refractivity contribution in [1.82, 2.24) is 4.98 Å². The third kappa shape index (κ3) is 4.34. The molecule has 3 fully saturated rings. The van der Waals surface area contributed by atoms with Gasteiger partial charge in [0.25, 0.3) is 0 Å². The van der Waals surface area contributed by atoms with E-state index < -0.39 is 47.0 Å². The van der Waals surface area contributed by atoms with Gasteiger partial charge in [-0.3, -0.25) is 14.4 Å². The number of aromatic amines is 1. The van der Waals surface area contributed by atoms with Gasteiger partial charge in [-0.05, 0) is 49.3 Å². The molecule has 2 bridgehead atoms. The lowest BCUT2D eigenvalue weighted by Gasteiger charge is -2.43. The van der Waals surface area contributed by atoms with Gasteiger partial charge in [-0.15, -0.1) is 11.8 Å². The van der Waals surface area contributed by atoms with E-state index >= 15 is 0 Å². The molecule has 8 nitrogen and oxygen atoms in total. The maximum Gasteiger partial charge on any atom is 0.418 e. The molecule has 3 aromatic rings. The summed E-state index contributed by atoms with van der Waals surface area (Å²) in [5.41, 5.74) is -0.730. The maximum atomic E-state index is 13.9. The number of hydrogen-bond acceptors (Lipinski definition) is 8. The Morgan fingerprint density at radius 2 is 1.72 bits per heavy atom. The van der Waals surface area contributed by atoms with Gasteiger partial charge < -0.3 is 14.5 Å². The smallest absolute Gasteiger partial charge is 0.418 e. The predicted octanol–water partition coefficient (Wildman–Crippen LogP) is 5.08. The minimum atomic E-state index is -4.74. The second-order valence-electron chi connectivity index (χ2n) is 11.1. The third-order valence-corrected chi connectivity index (χ3v) is 11.7. The summed E-state index contributed by atoms with van der Waals surface area (Å²) in [7, 11) is 0. The Morgan fingerprint density at radius 1 is 1.02 bits per heavy atom. The molecular weight excluding hydrogens is 605 g/mol. The number of ether oxygens (including phenoxy) is 2. The maximum absolute atomic E-state index is 13.9. The normalized spacial score (nSPS) is 28.9. The minimum absolute atomic E-state index is 0.165. The van der Waals surface area contributed by atoms with Crippen LogP contribution in [0.3, 0.4) is 0 Å². The number of rotatable bonds is 6. The van der Waals surface area contributed by atoms with Gasteiger partial charge in [0.2, 0.25) is 11.8 Å². The number of thioether (sulfide) groups is 1. The predicted molar refractivity (Wildman–Crippen MR) is 151 cm³/mol. The van der Waals surface area contributed by atoms with Crippen molar-refractivity contribution in [3.8, 4) is 5.75 Å². The number of benzene rings is 2. The summed E-state index contributed by atoms with van der Waals surface area (Å²) in [5, 5.41) is 0.517. The highest BCUT2D eigenvalue weighted by atomic mass is 32.2. The molecule has 6 unspecified atom stereocenters. The molecule has 7 rings (SSSR count). The molecule has 1 aromatic heterocycles. The molecular formula is C30H25F3N2O6S2. The first-order valence-corrected chi connectivity index (χ1v) is 15.6. The Balaban J connectivity index is 1.29. The molecule has 2 aliphatic heterocycles. The van der Waals surface area contributed by atoms with Gasteiger partial charge in [-0.2, -0.15) is 13.2 Å². The van der Waals surface area contributed by atoms with E-state index in [1.807, 2.05) is 12.1 Å². The van der Waals surface area contributed by atoms with Gasteiger partial charge in [0, 0.05) is 21.6 Å². The molecule has 43 heavy (non-hydrogen) atoms. The van der Waals surface area contributed by atoms with Crippen LogP contribution in [0.25, 0.3) is 0 Å². The van der Waals surface area contributed by atoms with E-state index in [9.17, 15) is 32.3 Å². The Labute approximate surface area is 251 Å². The SMILES string of the molecule is CCOC(=O)COc1ccccc1[C@H]1c2sc(=O)[nH]c2SC2C3CC(C4C(=O)N(c5ccccc5C(F)(F)F)C(=O)C34)C21. The number of esters is 1. The lowest BCUT2D eigenvalue weighted by Crippen LogP contribution is -2.42. The van der Waals surface area contributed by atoms with E-state index in [1.165, 1.54) is 30.0 Å². The number of carbonyl (C=O) groups excluding carboxylic acids is 3. The topological polar surface area (TPSA) is 106 Å². The van der Waals surface area contributed by atoms with Crippen molar-refractivity contribution in [2.75, 3.05) is 18.1 Å². The first kappa shape index (κ1) is 28.2. The standard InChI is InChI=1S/C30H25F3N2O6S2/c1-2-40-19(36)12-41-18-10-6-3-7-13(18)20-21-14-11-15(24(21)42-26-25(20)43-29(39)34-26)23-22(14)27(37)35(28(23)38)17-9-5-4-8-16(17)30(31,32)33/h3-10,14-15,20-24H,2,11-12H2,1H3,(H,34,39)/t14?,15?,20-,21?,22?,23?,24?/m1/s1. The number of amides is 2. The van der Waals surface area contributed by atoms with Crippen LogP contribution in [0, 0.1) is 29.6 Å². The van der Waals surface area contributed by atoms with Crippen molar-refractivity contribution in [3.63, 3.8) is 0 Å². The number of fused-ring (bicyclic) bond motifs is 9. The zero-order valence-corrected chi connectivity index (χ0v) is 24.3. The molecule has 13 heteroatoms. The van der Waals surface area contributed by atoms with Gasteiger partial charge in [-0.1, -0.05) is 41.7 Å². The number of para-hydroxylation sites is 2. The number of halogens is 3. The molecule has 2 aromatic carbocycles. The highest BCUT2D eigenvalue weighted by Crippen LogP contribution is 2.69. The van der Waals surface area contributed by atoms with Crippen LogP contribution in [0.5, 0.6) is 5.75 Å². The number of nitrogens with one attached hydrogen (secondary N) is 1. The largest absolute Gasteiger partial charge is 0.482 e. The molecule has 224 valence electrons. The molecule has 4 aliphatic rings.